The molecule has 8 nitrogen and oxygen atoms in total. The second-order valence-corrected chi connectivity index (χ2v) is 9.27. The van der Waals surface area contributed by atoms with Crippen LogP contribution in [0.25, 0.3) is 0 Å². The Labute approximate surface area is 202 Å². The Morgan fingerprint density at radius 1 is 1.29 bits per heavy atom. The number of amides is 2. The van der Waals surface area contributed by atoms with Crippen molar-refractivity contribution in [1.82, 2.24) is 10.2 Å². The molecule has 0 aliphatic carbocycles. The van der Waals surface area contributed by atoms with E-state index in [2.05, 4.69) is 11.2 Å². The first-order valence-corrected chi connectivity index (χ1v) is 11.6. The van der Waals surface area contributed by atoms with Gasteiger partial charge in [-0.15, -0.1) is 6.42 Å². The number of carbonyl (C=O) groups excluding carboxylic acids is 3. The molecule has 2 rings (SSSR count). The zero-order valence-corrected chi connectivity index (χ0v) is 20.5. The number of nitrogens with one attached hydrogen (secondary N) is 1. The Hall–Kier alpha value is -2.89. The normalized spacial score (nSPS) is 18.8. The van der Waals surface area contributed by atoms with E-state index >= 15 is 0 Å². The number of hydrogen-bond donors (Lipinski definition) is 2. The fourth-order valence-electron chi connectivity index (χ4n) is 3.82. The summed E-state index contributed by atoms with van der Waals surface area (Å²) in [4.78, 5) is 39.1. The number of rotatable bonds is 11. The summed E-state index contributed by atoms with van der Waals surface area (Å²) in [6.45, 7) is 8.34. The van der Waals surface area contributed by atoms with Gasteiger partial charge in [-0.1, -0.05) is 38.8 Å². The van der Waals surface area contributed by atoms with E-state index in [0.717, 1.165) is 11.1 Å². The van der Waals surface area contributed by atoms with Gasteiger partial charge in [0.25, 0.3) is 0 Å². The van der Waals surface area contributed by atoms with Gasteiger partial charge in [0.05, 0.1) is 12.7 Å². The second kappa shape index (κ2) is 12.5. The van der Waals surface area contributed by atoms with E-state index < -0.39 is 29.4 Å². The lowest BCUT2D eigenvalue weighted by Crippen LogP contribution is -2.49. The molecule has 1 fully saturated rings. The maximum Gasteiger partial charge on any atom is 0.332 e. The summed E-state index contributed by atoms with van der Waals surface area (Å²) in [6.07, 6.45) is 5.35. The third kappa shape index (κ3) is 7.57. The van der Waals surface area contributed by atoms with Gasteiger partial charge in [-0.3, -0.25) is 9.59 Å². The van der Waals surface area contributed by atoms with Crippen molar-refractivity contribution in [1.29, 1.82) is 0 Å². The summed E-state index contributed by atoms with van der Waals surface area (Å²) in [5, 5.41) is 13.1. The van der Waals surface area contributed by atoms with Crippen LogP contribution in [0.15, 0.2) is 24.3 Å². The van der Waals surface area contributed by atoms with Crippen LogP contribution in [0.2, 0.25) is 0 Å². The number of hydrogen-bond acceptors (Lipinski definition) is 6. The minimum Gasteiger partial charge on any atom is -0.464 e. The van der Waals surface area contributed by atoms with Gasteiger partial charge in [0, 0.05) is 37.6 Å². The summed E-state index contributed by atoms with van der Waals surface area (Å²) in [5.74, 6) is 1.22. The van der Waals surface area contributed by atoms with Crippen LogP contribution in [0.4, 0.5) is 0 Å². The fraction of sp³-hybridized carbons (Fsp3) is 0.577. The van der Waals surface area contributed by atoms with E-state index in [1.54, 1.807) is 19.1 Å². The number of ether oxygens (including phenoxy) is 2. The van der Waals surface area contributed by atoms with Gasteiger partial charge >= 0.3 is 5.97 Å². The summed E-state index contributed by atoms with van der Waals surface area (Å²) >= 11 is 0. The molecule has 0 aromatic heterocycles. The molecule has 2 amide bonds. The van der Waals surface area contributed by atoms with Gasteiger partial charge in [-0.2, -0.15) is 0 Å². The Kier molecular flexibility index (Phi) is 10.1. The standard InChI is InChI=1S/C26H36N2O6/c1-6-19-8-10-20(11-9-19)15-27-24(31)22-14-21(29)16-28(22)25(32)18(3)26(4,5)12-13-33-17-23(30)34-7-2/h1,8-11,18,21-22,29H,7,12-17H2,2-5H3,(H,27,31)/t18?,21-,22+/m1/s1. The van der Waals surface area contributed by atoms with Gasteiger partial charge in [-0.05, 0) is 36.5 Å². The molecule has 0 spiro atoms. The molecule has 1 aliphatic heterocycles. The molecule has 34 heavy (non-hydrogen) atoms. The molecule has 0 bridgehead atoms. The van der Waals surface area contributed by atoms with E-state index in [1.807, 2.05) is 32.9 Å². The summed E-state index contributed by atoms with van der Waals surface area (Å²) < 4.78 is 10.2. The number of terminal acetylenes is 1. The van der Waals surface area contributed by atoms with E-state index in [9.17, 15) is 19.5 Å². The maximum atomic E-state index is 13.3. The highest BCUT2D eigenvalue weighted by molar-refractivity contribution is 5.89. The zero-order valence-electron chi connectivity index (χ0n) is 20.5. The molecule has 3 atom stereocenters. The smallest absolute Gasteiger partial charge is 0.332 e. The Morgan fingerprint density at radius 2 is 1.97 bits per heavy atom. The van der Waals surface area contributed by atoms with Crippen molar-refractivity contribution in [3.63, 3.8) is 0 Å². The predicted octanol–water partition coefficient (Wildman–Crippen LogP) is 1.88. The molecule has 0 saturated carbocycles. The molecule has 1 aliphatic rings. The van der Waals surface area contributed by atoms with Crippen molar-refractivity contribution in [3.8, 4) is 12.3 Å². The number of aliphatic hydroxyl groups is 1. The number of esters is 1. The lowest BCUT2D eigenvalue weighted by molar-refractivity contribution is -0.149. The number of likely N-dealkylation sites (tertiary alicyclic amines) is 1. The largest absolute Gasteiger partial charge is 0.464 e. The predicted molar refractivity (Wildman–Crippen MR) is 127 cm³/mol. The first-order valence-electron chi connectivity index (χ1n) is 11.6. The molecular weight excluding hydrogens is 436 g/mol. The first kappa shape index (κ1) is 27.4. The SMILES string of the molecule is C#Cc1ccc(CNC(=O)[C@@H]2C[C@@H](O)CN2C(=O)C(C)C(C)(C)CCOCC(=O)OCC)cc1. The fourth-order valence-corrected chi connectivity index (χ4v) is 3.82. The lowest BCUT2D eigenvalue weighted by Gasteiger charge is -2.35. The van der Waals surface area contributed by atoms with Gasteiger partial charge in [-0.25, -0.2) is 4.79 Å². The van der Waals surface area contributed by atoms with Crippen LogP contribution < -0.4 is 5.32 Å². The molecule has 2 N–H and O–H groups in total. The number of β-amino-alcohol motifs (C(OH)–C–C–N with tert-alkyl or cyclic N) is 1. The van der Waals surface area contributed by atoms with E-state index in [-0.39, 0.29) is 31.4 Å². The van der Waals surface area contributed by atoms with Crippen LogP contribution in [0.3, 0.4) is 0 Å². The molecule has 1 saturated heterocycles. The number of nitrogens with zero attached hydrogens (tertiary/aromatic N) is 1. The van der Waals surface area contributed by atoms with Gasteiger partial charge in [0.2, 0.25) is 11.8 Å². The van der Waals surface area contributed by atoms with Crippen LogP contribution >= 0.6 is 0 Å². The van der Waals surface area contributed by atoms with Crippen LogP contribution in [0.1, 0.15) is 51.7 Å². The van der Waals surface area contributed by atoms with Crippen molar-refractivity contribution < 1.29 is 29.0 Å². The number of aliphatic hydroxyl groups excluding tert-OH is 1. The molecule has 1 unspecified atom stereocenters. The highest BCUT2D eigenvalue weighted by Gasteiger charge is 2.43. The zero-order chi connectivity index (χ0) is 25.3. The molecular formula is C26H36N2O6. The first-order chi connectivity index (χ1) is 16.1. The lowest BCUT2D eigenvalue weighted by atomic mass is 9.76. The van der Waals surface area contributed by atoms with Crippen LogP contribution in [-0.2, 0) is 30.4 Å². The van der Waals surface area contributed by atoms with E-state index in [1.165, 1.54) is 4.90 Å². The number of benzene rings is 1. The monoisotopic (exact) mass is 472 g/mol. The Bertz CT molecular complexity index is 890. The van der Waals surface area contributed by atoms with E-state index in [0.29, 0.717) is 26.2 Å². The van der Waals surface area contributed by atoms with Gasteiger partial charge in [0.1, 0.15) is 12.6 Å². The minimum absolute atomic E-state index is 0.119. The summed E-state index contributed by atoms with van der Waals surface area (Å²) in [6, 6.07) is 6.56. The summed E-state index contributed by atoms with van der Waals surface area (Å²) in [5.41, 5.74) is 1.20. The molecule has 1 aromatic carbocycles. The number of carbonyl (C=O) groups is 3. The van der Waals surface area contributed by atoms with Crippen LogP contribution in [0, 0.1) is 23.7 Å². The molecule has 0 radical (unpaired) electrons. The molecule has 1 heterocycles. The Morgan fingerprint density at radius 3 is 2.59 bits per heavy atom. The molecule has 8 heteroatoms. The highest BCUT2D eigenvalue weighted by Crippen LogP contribution is 2.34. The topological polar surface area (TPSA) is 105 Å². The van der Waals surface area contributed by atoms with Gasteiger partial charge < -0.3 is 24.8 Å². The maximum absolute atomic E-state index is 13.3. The summed E-state index contributed by atoms with van der Waals surface area (Å²) in [7, 11) is 0. The minimum atomic E-state index is -0.752. The van der Waals surface area contributed by atoms with Crippen molar-refractivity contribution in [2.24, 2.45) is 11.3 Å². The third-order valence-corrected chi connectivity index (χ3v) is 6.41. The van der Waals surface area contributed by atoms with Gasteiger partial charge in [0.15, 0.2) is 0 Å². The Balaban J connectivity index is 1.94. The third-order valence-electron chi connectivity index (χ3n) is 6.41. The van der Waals surface area contributed by atoms with Crippen molar-refractivity contribution in [2.45, 2.75) is 59.2 Å². The second-order valence-electron chi connectivity index (χ2n) is 9.27. The molecule has 1 aromatic rings. The van der Waals surface area contributed by atoms with E-state index in [4.69, 9.17) is 15.9 Å². The average molecular weight is 473 g/mol. The average Bonchev–Trinajstić information content (AvgIpc) is 3.21. The van der Waals surface area contributed by atoms with Crippen LogP contribution in [0.5, 0.6) is 0 Å². The highest BCUT2D eigenvalue weighted by atomic mass is 16.6. The molecule has 186 valence electrons. The van der Waals surface area contributed by atoms with Crippen molar-refractivity contribution in [3.05, 3.63) is 35.4 Å². The van der Waals surface area contributed by atoms with Crippen molar-refractivity contribution in [2.75, 3.05) is 26.4 Å². The quantitative estimate of drug-likeness (QED) is 0.289. The van der Waals surface area contributed by atoms with Crippen molar-refractivity contribution >= 4 is 17.8 Å². The van der Waals surface area contributed by atoms with Crippen LogP contribution in [-0.4, -0.2) is 66.3 Å².